The van der Waals surface area contributed by atoms with Crippen LogP contribution in [0.1, 0.15) is 25.0 Å². The lowest BCUT2D eigenvalue weighted by Crippen LogP contribution is -2.17. The van der Waals surface area contributed by atoms with Gasteiger partial charge >= 0.3 is 0 Å². The van der Waals surface area contributed by atoms with Crippen molar-refractivity contribution in [2.75, 3.05) is 0 Å². The molecule has 186 valence electrons. The number of fused-ring (bicyclic) bond motifs is 3. The van der Waals surface area contributed by atoms with Gasteiger partial charge in [-0.05, 0) is 78.9 Å². The number of hydrogen-bond donors (Lipinski definition) is 0. The molecular formula is C38H29N. The second-order valence-corrected chi connectivity index (χ2v) is 10.8. The zero-order valence-corrected chi connectivity index (χ0v) is 22.2. The SMILES string of the molecule is CC1(C)c2c(-c3ccc(-c4cccnc4)cc3)cccc2-c2cccc(-c3cccc(-c4ccccc4)c3)c21. The summed E-state index contributed by atoms with van der Waals surface area (Å²) in [6, 6.07) is 46.2. The van der Waals surface area contributed by atoms with Crippen LogP contribution >= 0.6 is 0 Å². The molecule has 7 rings (SSSR count). The maximum Gasteiger partial charge on any atom is 0.0346 e. The first-order valence-electron chi connectivity index (χ1n) is 13.6. The maximum atomic E-state index is 4.29. The average molecular weight is 500 g/mol. The summed E-state index contributed by atoms with van der Waals surface area (Å²) in [6.07, 6.45) is 3.74. The number of pyridine rings is 1. The molecule has 1 aliphatic carbocycles. The molecule has 0 saturated carbocycles. The van der Waals surface area contributed by atoms with E-state index in [4.69, 9.17) is 0 Å². The molecule has 6 aromatic rings. The van der Waals surface area contributed by atoms with Crippen molar-refractivity contribution in [3.8, 4) is 55.6 Å². The van der Waals surface area contributed by atoms with Gasteiger partial charge in [-0.2, -0.15) is 0 Å². The van der Waals surface area contributed by atoms with Gasteiger partial charge in [0.25, 0.3) is 0 Å². The lowest BCUT2D eigenvalue weighted by molar-refractivity contribution is 0.664. The van der Waals surface area contributed by atoms with Crippen molar-refractivity contribution in [2.24, 2.45) is 0 Å². The molecule has 1 heterocycles. The normalized spacial score (nSPS) is 13.1. The highest BCUT2D eigenvalue weighted by Gasteiger charge is 2.39. The first kappa shape index (κ1) is 23.4. The Kier molecular flexibility index (Phi) is 5.52. The Morgan fingerprint density at radius 1 is 0.410 bits per heavy atom. The molecule has 5 aromatic carbocycles. The molecule has 1 nitrogen and oxygen atoms in total. The molecule has 0 saturated heterocycles. The quantitative estimate of drug-likeness (QED) is 0.235. The fraction of sp³-hybridized carbons (Fsp3) is 0.0789. The van der Waals surface area contributed by atoms with Gasteiger partial charge in [-0.25, -0.2) is 0 Å². The number of hydrogen-bond acceptors (Lipinski definition) is 1. The van der Waals surface area contributed by atoms with E-state index in [-0.39, 0.29) is 5.41 Å². The number of rotatable bonds is 4. The Balaban J connectivity index is 1.34. The maximum absolute atomic E-state index is 4.29. The Bertz CT molecular complexity index is 1800. The van der Waals surface area contributed by atoms with Crippen LogP contribution in [0, 0.1) is 0 Å². The topological polar surface area (TPSA) is 12.9 Å². The molecule has 39 heavy (non-hydrogen) atoms. The summed E-state index contributed by atoms with van der Waals surface area (Å²) in [7, 11) is 0. The first-order valence-corrected chi connectivity index (χ1v) is 13.6. The van der Waals surface area contributed by atoms with E-state index in [9.17, 15) is 0 Å². The smallest absolute Gasteiger partial charge is 0.0346 e. The summed E-state index contributed by atoms with van der Waals surface area (Å²) in [5, 5.41) is 0. The highest BCUT2D eigenvalue weighted by Crippen LogP contribution is 2.55. The van der Waals surface area contributed by atoms with E-state index >= 15 is 0 Å². The Morgan fingerprint density at radius 2 is 0.923 bits per heavy atom. The van der Waals surface area contributed by atoms with Crippen LogP contribution in [0.2, 0.25) is 0 Å². The van der Waals surface area contributed by atoms with Crippen molar-refractivity contribution in [3.05, 3.63) is 151 Å². The van der Waals surface area contributed by atoms with Crippen LogP contribution < -0.4 is 0 Å². The lowest BCUT2D eigenvalue weighted by atomic mass is 9.76. The van der Waals surface area contributed by atoms with Gasteiger partial charge in [0.1, 0.15) is 0 Å². The van der Waals surface area contributed by atoms with Gasteiger partial charge in [-0.15, -0.1) is 0 Å². The Morgan fingerprint density at radius 3 is 1.59 bits per heavy atom. The third-order valence-electron chi connectivity index (χ3n) is 8.14. The zero-order chi connectivity index (χ0) is 26.4. The molecule has 1 aliphatic rings. The molecule has 1 aromatic heterocycles. The van der Waals surface area contributed by atoms with Crippen LogP contribution in [-0.2, 0) is 5.41 Å². The van der Waals surface area contributed by atoms with Gasteiger partial charge in [0.15, 0.2) is 0 Å². The number of nitrogens with zero attached hydrogens (tertiary/aromatic N) is 1. The highest BCUT2D eigenvalue weighted by molar-refractivity contribution is 5.93. The third kappa shape index (κ3) is 3.90. The second kappa shape index (κ2) is 9.22. The average Bonchev–Trinajstić information content (AvgIpc) is 3.25. The van der Waals surface area contributed by atoms with E-state index in [1.54, 1.807) is 0 Å². The molecule has 0 radical (unpaired) electrons. The minimum atomic E-state index is -0.150. The van der Waals surface area contributed by atoms with Crippen LogP contribution in [-0.4, -0.2) is 4.98 Å². The monoisotopic (exact) mass is 499 g/mol. The van der Waals surface area contributed by atoms with E-state index in [0.717, 1.165) is 5.56 Å². The summed E-state index contributed by atoms with van der Waals surface area (Å²) >= 11 is 0. The molecular weight excluding hydrogens is 470 g/mol. The van der Waals surface area contributed by atoms with Gasteiger partial charge < -0.3 is 0 Å². The first-order chi connectivity index (χ1) is 19.1. The molecule has 0 amide bonds. The van der Waals surface area contributed by atoms with Crippen LogP contribution in [0.25, 0.3) is 55.6 Å². The zero-order valence-electron chi connectivity index (χ0n) is 22.2. The minimum Gasteiger partial charge on any atom is -0.264 e. The lowest BCUT2D eigenvalue weighted by Gasteiger charge is -2.27. The summed E-state index contributed by atoms with van der Waals surface area (Å²) in [6.45, 7) is 4.77. The van der Waals surface area contributed by atoms with Gasteiger partial charge in [0, 0.05) is 17.8 Å². The van der Waals surface area contributed by atoms with Gasteiger partial charge in [-0.3, -0.25) is 4.98 Å². The van der Waals surface area contributed by atoms with Crippen LogP contribution in [0.15, 0.2) is 140 Å². The van der Waals surface area contributed by atoms with Crippen molar-refractivity contribution >= 4 is 0 Å². The Hall–Kier alpha value is -4.75. The largest absolute Gasteiger partial charge is 0.264 e. The summed E-state index contributed by atoms with van der Waals surface area (Å²) in [5.74, 6) is 0. The molecule has 0 N–H and O–H groups in total. The van der Waals surface area contributed by atoms with Crippen molar-refractivity contribution < 1.29 is 0 Å². The number of aromatic nitrogens is 1. The van der Waals surface area contributed by atoms with Crippen LogP contribution in [0.5, 0.6) is 0 Å². The van der Waals surface area contributed by atoms with E-state index < -0.39 is 0 Å². The van der Waals surface area contributed by atoms with Crippen molar-refractivity contribution in [1.82, 2.24) is 4.98 Å². The highest BCUT2D eigenvalue weighted by atomic mass is 14.6. The summed E-state index contributed by atoms with van der Waals surface area (Å²) in [5.41, 5.74) is 15.3. The number of benzene rings is 5. The standard InChI is InChI=1S/C38H29N/c1-38(2)36-32(28-21-19-27(20-22-28)31-14-9-23-39-25-31)15-7-17-34(36)35-18-8-16-33(37(35)38)30-13-6-12-29(24-30)26-10-4-3-5-11-26/h3-25H,1-2H3. The van der Waals surface area contributed by atoms with Gasteiger partial charge in [0.05, 0.1) is 0 Å². The van der Waals surface area contributed by atoms with Crippen LogP contribution in [0.3, 0.4) is 0 Å². The molecule has 0 spiro atoms. The van der Waals surface area contributed by atoms with Crippen molar-refractivity contribution in [1.29, 1.82) is 0 Å². The molecule has 1 heteroatoms. The van der Waals surface area contributed by atoms with Crippen LogP contribution in [0.4, 0.5) is 0 Å². The molecule has 0 fully saturated rings. The molecule has 0 unspecified atom stereocenters. The predicted octanol–water partition coefficient (Wildman–Crippen LogP) is 10.1. The van der Waals surface area contributed by atoms with Crippen molar-refractivity contribution in [2.45, 2.75) is 19.3 Å². The van der Waals surface area contributed by atoms with Crippen molar-refractivity contribution in [3.63, 3.8) is 0 Å². The minimum absolute atomic E-state index is 0.150. The van der Waals surface area contributed by atoms with E-state index in [1.807, 2.05) is 18.5 Å². The summed E-state index contributed by atoms with van der Waals surface area (Å²) in [4.78, 5) is 4.29. The molecule has 0 bridgehead atoms. The van der Waals surface area contributed by atoms with Gasteiger partial charge in [0.2, 0.25) is 0 Å². The fourth-order valence-electron chi connectivity index (χ4n) is 6.38. The van der Waals surface area contributed by atoms with E-state index in [1.165, 1.54) is 61.2 Å². The predicted molar refractivity (Wildman–Crippen MR) is 164 cm³/mol. The second-order valence-electron chi connectivity index (χ2n) is 10.8. The van der Waals surface area contributed by atoms with Gasteiger partial charge in [-0.1, -0.05) is 129 Å². The summed E-state index contributed by atoms with van der Waals surface area (Å²) < 4.78 is 0. The van der Waals surface area contributed by atoms with E-state index in [0.29, 0.717) is 0 Å². The molecule has 0 aliphatic heterocycles. The third-order valence-corrected chi connectivity index (χ3v) is 8.14. The molecule has 0 atom stereocenters. The fourth-order valence-corrected chi connectivity index (χ4v) is 6.38. The van der Waals surface area contributed by atoms with E-state index in [2.05, 4.69) is 140 Å². The Labute approximate surface area is 230 Å².